The number of β-amino-alcohol motifs (C(OH)–C–C–N with tert-alkyl or cyclic N) is 1. The molecule has 1 amide bonds. The Morgan fingerprint density at radius 3 is 2.63 bits per heavy atom. The van der Waals surface area contributed by atoms with E-state index in [1.54, 1.807) is 17.0 Å². The maximum Gasteiger partial charge on any atom is 0.248 e. The van der Waals surface area contributed by atoms with Gasteiger partial charge in [-0.25, -0.2) is 4.39 Å². The molecule has 3 rings (SSSR count). The number of rotatable bonds is 6. The van der Waals surface area contributed by atoms with Crippen LogP contribution >= 0.6 is 0 Å². The molecular formula is C23H35FN2O4. The zero-order valence-corrected chi connectivity index (χ0v) is 18.4. The third-order valence-corrected chi connectivity index (χ3v) is 6.39. The predicted octanol–water partition coefficient (Wildman–Crippen LogP) is 2.69. The number of hydrogen-bond acceptors (Lipinski definition) is 5. The highest BCUT2D eigenvalue weighted by molar-refractivity contribution is 5.77. The number of benzene rings is 1. The molecule has 1 N–H and O–H groups in total. The molecule has 0 spiro atoms. The lowest BCUT2D eigenvalue weighted by atomic mass is 9.75. The molecule has 7 heteroatoms. The fourth-order valence-corrected chi connectivity index (χ4v) is 4.54. The average Bonchev–Trinajstić information content (AvgIpc) is 2.86. The van der Waals surface area contributed by atoms with E-state index >= 15 is 0 Å². The Morgan fingerprint density at radius 2 is 1.97 bits per heavy atom. The molecule has 30 heavy (non-hydrogen) atoms. The first kappa shape index (κ1) is 23.0. The third-order valence-electron chi connectivity index (χ3n) is 6.39. The van der Waals surface area contributed by atoms with E-state index in [0.717, 1.165) is 25.7 Å². The Bertz CT molecular complexity index is 719. The molecule has 168 valence electrons. The maximum atomic E-state index is 13.5. The summed E-state index contributed by atoms with van der Waals surface area (Å²) in [5.74, 6) is -0.162. The number of halogens is 1. The zero-order chi connectivity index (χ0) is 21.8. The summed E-state index contributed by atoms with van der Waals surface area (Å²) in [6.45, 7) is 6.43. The number of hydrogen-bond donors (Lipinski definition) is 1. The minimum absolute atomic E-state index is 0.0120. The van der Waals surface area contributed by atoms with Crippen LogP contribution in [0.5, 0.6) is 5.75 Å². The summed E-state index contributed by atoms with van der Waals surface area (Å²) in [5.41, 5.74) is -0.890. The third kappa shape index (κ3) is 6.15. The van der Waals surface area contributed by atoms with E-state index in [4.69, 9.17) is 9.47 Å². The highest BCUT2D eigenvalue weighted by atomic mass is 19.1. The molecule has 1 aliphatic carbocycles. The Balaban J connectivity index is 1.73. The molecule has 6 nitrogen and oxygen atoms in total. The number of carbonyl (C=O) groups excluding carboxylic acids is 1. The van der Waals surface area contributed by atoms with Gasteiger partial charge in [-0.05, 0) is 43.2 Å². The van der Waals surface area contributed by atoms with E-state index in [-0.39, 0.29) is 31.5 Å². The van der Waals surface area contributed by atoms with E-state index in [1.165, 1.54) is 19.2 Å². The first-order valence-electron chi connectivity index (χ1n) is 10.8. The second-order valence-electron chi connectivity index (χ2n) is 9.58. The second-order valence-corrected chi connectivity index (χ2v) is 9.58. The summed E-state index contributed by atoms with van der Waals surface area (Å²) in [5, 5.41) is 11.5. The van der Waals surface area contributed by atoms with Crippen molar-refractivity contribution in [2.75, 3.05) is 46.5 Å². The van der Waals surface area contributed by atoms with Crippen molar-refractivity contribution in [1.82, 2.24) is 9.80 Å². The number of aliphatic hydroxyl groups is 1. The van der Waals surface area contributed by atoms with Gasteiger partial charge in [0.1, 0.15) is 30.4 Å². The van der Waals surface area contributed by atoms with Gasteiger partial charge >= 0.3 is 0 Å². The van der Waals surface area contributed by atoms with Crippen LogP contribution in [0.25, 0.3) is 0 Å². The van der Waals surface area contributed by atoms with Crippen molar-refractivity contribution in [3.05, 3.63) is 30.1 Å². The quantitative estimate of drug-likeness (QED) is 0.764. The minimum atomic E-state index is -1.25. The van der Waals surface area contributed by atoms with Crippen LogP contribution in [0.3, 0.4) is 0 Å². The molecule has 1 aromatic carbocycles. The topological polar surface area (TPSA) is 62.2 Å². The molecule has 1 aromatic rings. The van der Waals surface area contributed by atoms with E-state index < -0.39 is 5.60 Å². The van der Waals surface area contributed by atoms with Crippen LogP contribution in [0, 0.1) is 11.2 Å². The standard InChI is InChI=1S/C23H35FN2O4/c1-22(2)9-7-19(8-10-22)25-11-12-26(21(27)14-29-3)16-23(28,15-25)17-30-20-6-4-5-18(24)13-20/h4-6,13,19,28H,7-12,14-17H2,1-3H3. The van der Waals surface area contributed by atoms with Crippen molar-refractivity contribution in [1.29, 1.82) is 0 Å². The smallest absolute Gasteiger partial charge is 0.248 e. The molecule has 2 aliphatic rings. The fourth-order valence-electron chi connectivity index (χ4n) is 4.54. The first-order chi connectivity index (χ1) is 14.2. The SMILES string of the molecule is COCC(=O)N1CCN(C2CCC(C)(C)CC2)CC(O)(COc2cccc(F)c2)C1. The largest absolute Gasteiger partial charge is 0.490 e. The van der Waals surface area contributed by atoms with E-state index in [9.17, 15) is 14.3 Å². The number of amides is 1. The van der Waals surface area contributed by atoms with Gasteiger partial charge in [0.15, 0.2) is 0 Å². The van der Waals surface area contributed by atoms with Crippen LogP contribution in [0.1, 0.15) is 39.5 Å². The van der Waals surface area contributed by atoms with Crippen LogP contribution in [0.4, 0.5) is 4.39 Å². The number of methoxy groups -OCH3 is 1. The van der Waals surface area contributed by atoms with E-state index in [2.05, 4.69) is 18.7 Å². The molecule has 1 saturated heterocycles. The van der Waals surface area contributed by atoms with Crippen LogP contribution in [0.15, 0.2) is 24.3 Å². The summed E-state index contributed by atoms with van der Waals surface area (Å²) in [6, 6.07) is 6.28. The summed E-state index contributed by atoms with van der Waals surface area (Å²) >= 11 is 0. The van der Waals surface area contributed by atoms with Crippen molar-refractivity contribution >= 4 is 5.91 Å². The number of carbonyl (C=O) groups is 1. The Labute approximate surface area is 178 Å². The minimum Gasteiger partial charge on any atom is -0.490 e. The van der Waals surface area contributed by atoms with Gasteiger partial charge in [-0.15, -0.1) is 0 Å². The Morgan fingerprint density at radius 1 is 1.23 bits per heavy atom. The Kier molecular flexibility index (Phi) is 7.37. The molecule has 0 radical (unpaired) electrons. The highest BCUT2D eigenvalue weighted by Crippen LogP contribution is 2.37. The van der Waals surface area contributed by atoms with Crippen LogP contribution < -0.4 is 4.74 Å². The lowest BCUT2D eigenvalue weighted by Crippen LogP contribution is -2.54. The van der Waals surface area contributed by atoms with Gasteiger partial charge < -0.3 is 19.5 Å². The molecule has 1 atom stereocenters. The number of ether oxygens (including phenoxy) is 2. The first-order valence-corrected chi connectivity index (χ1v) is 10.8. The molecule has 1 saturated carbocycles. The molecule has 1 heterocycles. The van der Waals surface area contributed by atoms with Gasteiger partial charge in [-0.1, -0.05) is 19.9 Å². The van der Waals surface area contributed by atoms with Gasteiger partial charge in [0.05, 0.1) is 6.54 Å². The molecular weight excluding hydrogens is 387 g/mol. The number of nitrogens with zero attached hydrogens (tertiary/aromatic N) is 2. The van der Waals surface area contributed by atoms with Crippen molar-refractivity contribution in [3.8, 4) is 5.75 Å². The Hall–Kier alpha value is -1.70. The van der Waals surface area contributed by atoms with E-state index in [1.807, 2.05) is 0 Å². The predicted molar refractivity (Wildman–Crippen MR) is 113 cm³/mol. The van der Waals surface area contributed by atoms with E-state index in [0.29, 0.717) is 36.8 Å². The molecule has 1 unspecified atom stereocenters. The lowest BCUT2D eigenvalue weighted by Gasteiger charge is -2.41. The zero-order valence-electron chi connectivity index (χ0n) is 18.4. The van der Waals surface area contributed by atoms with Crippen molar-refractivity contribution in [2.45, 2.75) is 51.2 Å². The van der Waals surface area contributed by atoms with Gasteiger partial charge in [-0.2, -0.15) is 0 Å². The summed E-state index contributed by atoms with van der Waals surface area (Å²) in [7, 11) is 1.49. The lowest BCUT2D eigenvalue weighted by molar-refractivity contribution is -0.138. The van der Waals surface area contributed by atoms with Crippen molar-refractivity contribution < 1.29 is 23.8 Å². The van der Waals surface area contributed by atoms with Gasteiger partial charge in [-0.3, -0.25) is 9.69 Å². The average molecular weight is 423 g/mol. The highest BCUT2D eigenvalue weighted by Gasteiger charge is 2.40. The van der Waals surface area contributed by atoms with Crippen LogP contribution in [0.2, 0.25) is 0 Å². The summed E-state index contributed by atoms with van der Waals surface area (Å²) in [6.07, 6.45) is 4.47. The summed E-state index contributed by atoms with van der Waals surface area (Å²) in [4.78, 5) is 16.5. The monoisotopic (exact) mass is 422 g/mol. The fraction of sp³-hybridized carbons (Fsp3) is 0.696. The van der Waals surface area contributed by atoms with Gasteiger partial charge in [0, 0.05) is 38.9 Å². The summed E-state index contributed by atoms with van der Waals surface area (Å²) < 4.78 is 24.3. The van der Waals surface area contributed by atoms with Crippen molar-refractivity contribution in [3.63, 3.8) is 0 Å². The second kappa shape index (κ2) is 9.62. The van der Waals surface area contributed by atoms with Crippen LogP contribution in [-0.4, -0.2) is 79.0 Å². The molecule has 2 fully saturated rings. The molecule has 1 aliphatic heterocycles. The molecule has 0 bridgehead atoms. The normalized spacial score (nSPS) is 25.7. The maximum absolute atomic E-state index is 13.5. The van der Waals surface area contributed by atoms with Gasteiger partial charge in [0.2, 0.25) is 5.91 Å². The van der Waals surface area contributed by atoms with Crippen molar-refractivity contribution in [2.24, 2.45) is 5.41 Å². The van der Waals surface area contributed by atoms with Gasteiger partial charge in [0.25, 0.3) is 0 Å². The molecule has 0 aromatic heterocycles. The van der Waals surface area contributed by atoms with Crippen LogP contribution in [-0.2, 0) is 9.53 Å².